The van der Waals surface area contributed by atoms with E-state index in [9.17, 15) is 9.59 Å². The van der Waals surface area contributed by atoms with Gasteiger partial charge in [0.15, 0.2) is 6.61 Å². The van der Waals surface area contributed by atoms with Gasteiger partial charge in [-0.05, 0) is 43.3 Å². The van der Waals surface area contributed by atoms with Crippen LogP contribution in [0.15, 0.2) is 42.6 Å². The number of hydrogen-bond donors (Lipinski definition) is 2. The molecule has 2 aromatic rings. The lowest BCUT2D eigenvalue weighted by Crippen LogP contribution is -2.28. The average molecular weight is 334 g/mol. The zero-order valence-corrected chi connectivity index (χ0v) is 13.3. The Balaban J connectivity index is 1.90. The van der Waals surface area contributed by atoms with Crippen molar-refractivity contribution in [2.24, 2.45) is 0 Å². The van der Waals surface area contributed by atoms with Gasteiger partial charge in [-0.3, -0.25) is 9.59 Å². The van der Waals surface area contributed by atoms with Crippen LogP contribution in [0.25, 0.3) is 0 Å². The first-order valence-electron chi connectivity index (χ1n) is 7.01. The Labute approximate surface area is 138 Å². The number of aromatic nitrogens is 1. The smallest absolute Gasteiger partial charge is 0.257 e. The van der Waals surface area contributed by atoms with Gasteiger partial charge in [0.1, 0.15) is 10.9 Å². The maximum Gasteiger partial charge on any atom is 0.257 e. The first-order valence-corrected chi connectivity index (χ1v) is 7.38. The van der Waals surface area contributed by atoms with Crippen molar-refractivity contribution in [2.45, 2.75) is 6.92 Å². The van der Waals surface area contributed by atoms with E-state index in [0.717, 1.165) is 0 Å². The molecule has 2 amide bonds. The monoisotopic (exact) mass is 333 g/mol. The number of nitrogens with one attached hydrogen (secondary N) is 2. The normalized spacial score (nSPS) is 10.0. The van der Waals surface area contributed by atoms with Crippen molar-refractivity contribution >= 4 is 29.1 Å². The summed E-state index contributed by atoms with van der Waals surface area (Å²) in [6.07, 6.45) is 1.40. The summed E-state index contributed by atoms with van der Waals surface area (Å²) in [6, 6.07) is 9.87. The molecule has 0 aliphatic heterocycles. The molecule has 1 aromatic carbocycles. The molecule has 6 nitrogen and oxygen atoms in total. The van der Waals surface area contributed by atoms with Crippen LogP contribution in [-0.4, -0.2) is 29.9 Å². The molecule has 7 heteroatoms. The van der Waals surface area contributed by atoms with Gasteiger partial charge in [-0.1, -0.05) is 11.6 Å². The largest absolute Gasteiger partial charge is 0.484 e. The molecule has 1 heterocycles. The second-order valence-electron chi connectivity index (χ2n) is 4.59. The Bertz CT molecular complexity index is 672. The lowest BCUT2D eigenvalue weighted by molar-refractivity contribution is -0.122. The summed E-state index contributed by atoms with van der Waals surface area (Å²) in [5, 5.41) is 5.70. The molecule has 0 radical (unpaired) electrons. The predicted molar refractivity (Wildman–Crippen MR) is 87.8 cm³/mol. The average Bonchev–Trinajstić information content (AvgIpc) is 2.55. The lowest BCUT2D eigenvalue weighted by Gasteiger charge is -2.08. The van der Waals surface area contributed by atoms with Crippen molar-refractivity contribution < 1.29 is 14.3 Å². The highest BCUT2D eigenvalue weighted by Crippen LogP contribution is 2.16. The molecule has 0 fully saturated rings. The number of anilines is 1. The highest BCUT2D eigenvalue weighted by atomic mass is 35.5. The van der Waals surface area contributed by atoms with Crippen molar-refractivity contribution in [1.29, 1.82) is 0 Å². The Morgan fingerprint density at radius 3 is 2.52 bits per heavy atom. The minimum Gasteiger partial charge on any atom is -0.484 e. The number of halogens is 1. The van der Waals surface area contributed by atoms with Gasteiger partial charge in [0.05, 0.1) is 5.56 Å². The second-order valence-corrected chi connectivity index (χ2v) is 4.98. The molecule has 120 valence electrons. The molecule has 0 bridgehead atoms. The zero-order chi connectivity index (χ0) is 16.7. The van der Waals surface area contributed by atoms with Gasteiger partial charge >= 0.3 is 0 Å². The van der Waals surface area contributed by atoms with Crippen LogP contribution in [0.5, 0.6) is 5.75 Å². The first kappa shape index (κ1) is 16.8. The van der Waals surface area contributed by atoms with Crippen LogP contribution < -0.4 is 15.4 Å². The highest BCUT2D eigenvalue weighted by Gasteiger charge is 2.07. The SMILES string of the molecule is CCNC(=O)COc1ccc(NC(=O)c2ccc(Cl)nc2)cc1. The number of hydrogen-bond acceptors (Lipinski definition) is 4. The van der Waals surface area contributed by atoms with E-state index in [4.69, 9.17) is 16.3 Å². The number of carbonyl (C=O) groups is 2. The third-order valence-electron chi connectivity index (χ3n) is 2.85. The lowest BCUT2D eigenvalue weighted by atomic mass is 10.2. The van der Waals surface area contributed by atoms with E-state index in [1.165, 1.54) is 6.20 Å². The topological polar surface area (TPSA) is 80.3 Å². The standard InChI is InChI=1S/C16H16ClN3O3/c1-2-18-15(21)10-23-13-6-4-12(5-7-13)20-16(22)11-3-8-14(17)19-9-11/h3-9H,2,10H2,1H3,(H,18,21)(H,20,22). The van der Waals surface area contributed by atoms with Crippen LogP contribution in [0, 0.1) is 0 Å². The summed E-state index contributed by atoms with van der Waals surface area (Å²) < 4.78 is 5.33. The highest BCUT2D eigenvalue weighted by molar-refractivity contribution is 6.29. The summed E-state index contributed by atoms with van der Waals surface area (Å²) in [4.78, 5) is 27.2. The number of ether oxygens (including phenoxy) is 1. The van der Waals surface area contributed by atoms with E-state index < -0.39 is 0 Å². The summed E-state index contributed by atoms with van der Waals surface area (Å²) in [5.41, 5.74) is 1.02. The van der Waals surface area contributed by atoms with Gasteiger partial charge in [0, 0.05) is 18.4 Å². The molecule has 0 spiro atoms. The molecule has 0 unspecified atom stereocenters. The van der Waals surface area contributed by atoms with E-state index >= 15 is 0 Å². The van der Waals surface area contributed by atoms with Gasteiger partial charge in [0.25, 0.3) is 11.8 Å². The van der Waals surface area contributed by atoms with Crippen LogP contribution in [0.2, 0.25) is 5.15 Å². The Kier molecular flexibility index (Phi) is 5.94. The van der Waals surface area contributed by atoms with E-state index in [0.29, 0.717) is 28.7 Å². The summed E-state index contributed by atoms with van der Waals surface area (Å²) >= 11 is 5.68. The molecule has 2 rings (SSSR count). The van der Waals surface area contributed by atoms with Crippen LogP contribution >= 0.6 is 11.6 Å². The molecular formula is C16H16ClN3O3. The quantitative estimate of drug-likeness (QED) is 0.796. The van der Waals surface area contributed by atoms with Crippen LogP contribution in [0.1, 0.15) is 17.3 Å². The third kappa shape index (κ3) is 5.27. The van der Waals surface area contributed by atoms with Gasteiger partial charge in [-0.15, -0.1) is 0 Å². The number of pyridine rings is 1. The van der Waals surface area contributed by atoms with Gasteiger partial charge in [0.2, 0.25) is 0 Å². The Morgan fingerprint density at radius 2 is 1.91 bits per heavy atom. The molecule has 0 saturated heterocycles. The van der Waals surface area contributed by atoms with E-state index in [1.807, 2.05) is 6.92 Å². The molecular weight excluding hydrogens is 318 g/mol. The molecule has 0 aliphatic rings. The van der Waals surface area contributed by atoms with E-state index in [-0.39, 0.29) is 18.4 Å². The molecule has 0 aliphatic carbocycles. The fourth-order valence-electron chi connectivity index (χ4n) is 1.74. The second kappa shape index (κ2) is 8.14. The van der Waals surface area contributed by atoms with Gasteiger partial charge in [-0.2, -0.15) is 0 Å². The number of rotatable bonds is 6. The third-order valence-corrected chi connectivity index (χ3v) is 3.07. The van der Waals surface area contributed by atoms with Crippen LogP contribution in [0.3, 0.4) is 0 Å². The first-order chi connectivity index (χ1) is 11.1. The zero-order valence-electron chi connectivity index (χ0n) is 12.5. The van der Waals surface area contributed by atoms with Crippen molar-refractivity contribution in [3.8, 4) is 5.75 Å². The number of benzene rings is 1. The van der Waals surface area contributed by atoms with Crippen molar-refractivity contribution in [1.82, 2.24) is 10.3 Å². The molecule has 2 N–H and O–H groups in total. The molecule has 23 heavy (non-hydrogen) atoms. The van der Waals surface area contributed by atoms with Crippen LogP contribution in [0.4, 0.5) is 5.69 Å². The van der Waals surface area contributed by atoms with Crippen molar-refractivity contribution in [3.05, 3.63) is 53.3 Å². The van der Waals surface area contributed by atoms with E-state index in [1.54, 1.807) is 36.4 Å². The summed E-state index contributed by atoms with van der Waals surface area (Å²) in [5.74, 6) is 0.0766. The summed E-state index contributed by atoms with van der Waals surface area (Å²) in [6.45, 7) is 2.36. The number of carbonyl (C=O) groups excluding carboxylic acids is 2. The predicted octanol–water partition coefficient (Wildman–Crippen LogP) is 2.50. The fourth-order valence-corrected chi connectivity index (χ4v) is 1.86. The van der Waals surface area contributed by atoms with Crippen molar-refractivity contribution in [2.75, 3.05) is 18.5 Å². The molecule has 1 aromatic heterocycles. The number of likely N-dealkylation sites (N-methyl/N-ethyl adjacent to an activating group) is 1. The Morgan fingerprint density at radius 1 is 1.17 bits per heavy atom. The summed E-state index contributed by atoms with van der Waals surface area (Å²) in [7, 11) is 0. The van der Waals surface area contributed by atoms with Crippen molar-refractivity contribution in [3.63, 3.8) is 0 Å². The minimum absolute atomic E-state index is 0.0456. The number of nitrogens with zero attached hydrogens (tertiary/aromatic N) is 1. The Hall–Kier alpha value is -2.60. The maximum absolute atomic E-state index is 12.0. The molecule has 0 atom stereocenters. The maximum atomic E-state index is 12.0. The number of amides is 2. The fraction of sp³-hybridized carbons (Fsp3) is 0.188. The van der Waals surface area contributed by atoms with Gasteiger partial charge in [-0.25, -0.2) is 4.98 Å². The van der Waals surface area contributed by atoms with Crippen LogP contribution in [-0.2, 0) is 4.79 Å². The van der Waals surface area contributed by atoms with E-state index in [2.05, 4.69) is 15.6 Å². The van der Waals surface area contributed by atoms with Gasteiger partial charge < -0.3 is 15.4 Å². The minimum atomic E-state index is -0.287. The molecule has 0 saturated carbocycles.